The average molecular weight is 446 g/mol. The van der Waals surface area contributed by atoms with Gasteiger partial charge in [-0.05, 0) is 50.1 Å². The van der Waals surface area contributed by atoms with Crippen molar-refractivity contribution in [3.05, 3.63) is 69.7 Å². The Morgan fingerprint density at radius 1 is 1.23 bits per heavy atom. The van der Waals surface area contributed by atoms with Crippen LogP contribution in [0.2, 0.25) is 5.02 Å². The maximum absolute atomic E-state index is 12.5. The Balaban J connectivity index is 1.60. The Bertz CT molecular complexity index is 1060. The van der Waals surface area contributed by atoms with E-state index in [1.807, 2.05) is 26.0 Å². The lowest BCUT2D eigenvalue weighted by Gasteiger charge is -2.12. The van der Waals surface area contributed by atoms with Crippen LogP contribution in [0, 0.1) is 20.8 Å². The van der Waals surface area contributed by atoms with E-state index in [4.69, 9.17) is 20.9 Å². The van der Waals surface area contributed by atoms with Gasteiger partial charge in [-0.2, -0.15) is 0 Å². The molecular formula is C21H20ClN3O4S. The van der Waals surface area contributed by atoms with E-state index in [9.17, 15) is 9.59 Å². The molecule has 0 atom stereocenters. The van der Waals surface area contributed by atoms with E-state index in [0.717, 1.165) is 16.8 Å². The smallest absolute Gasteiger partial charge is 0.341 e. The highest BCUT2D eigenvalue weighted by Gasteiger charge is 2.17. The molecule has 156 valence electrons. The van der Waals surface area contributed by atoms with Gasteiger partial charge in [0, 0.05) is 18.0 Å². The number of anilines is 1. The third-order valence-electron chi connectivity index (χ3n) is 4.06. The van der Waals surface area contributed by atoms with Gasteiger partial charge in [-0.1, -0.05) is 34.6 Å². The van der Waals surface area contributed by atoms with Gasteiger partial charge in [0.2, 0.25) is 0 Å². The summed E-state index contributed by atoms with van der Waals surface area (Å²) in [5.74, 6) is 0.0821. The van der Waals surface area contributed by atoms with Crippen molar-refractivity contribution in [1.82, 2.24) is 10.1 Å². The van der Waals surface area contributed by atoms with Crippen LogP contribution in [0.25, 0.3) is 0 Å². The summed E-state index contributed by atoms with van der Waals surface area (Å²) in [4.78, 5) is 29.0. The summed E-state index contributed by atoms with van der Waals surface area (Å²) < 4.78 is 10.2. The first-order valence-corrected chi connectivity index (χ1v) is 10.4. The number of pyridine rings is 1. The molecule has 1 aromatic carbocycles. The van der Waals surface area contributed by atoms with Crippen LogP contribution in [-0.4, -0.2) is 28.6 Å². The van der Waals surface area contributed by atoms with Crippen LogP contribution in [0.1, 0.15) is 32.9 Å². The van der Waals surface area contributed by atoms with Crippen molar-refractivity contribution < 1.29 is 18.8 Å². The first-order chi connectivity index (χ1) is 14.3. The molecule has 30 heavy (non-hydrogen) atoms. The maximum atomic E-state index is 12.5. The molecule has 9 heteroatoms. The molecule has 1 N–H and O–H groups in total. The number of aromatic nitrogens is 2. The average Bonchev–Trinajstić information content (AvgIpc) is 3.12. The summed E-state index contributed by atoms with van der Waals surface area (Å²) in [5.41, 5.74) is 3.34. The molecule has 3 aromatic rings. The Hall–Kier alpha value is -2.84. The minimum absolute atomic E-state index is 0.278. The third-order valence-corrected chi connectivity index (χ3v) is 5.39. The molecule has 0 unspecified atom stereocenters. The Kier molecular flexibility index (Phi) is 7.12. The molecule has 1 amide bonds. The van der Waals surface area contributed by atoms with Crippen molar-refractivity contribution in [3.8, 4) is 0 Å². The second-order valence-electron chi connectivity index (χ2n) is 6.64. The number of rotatable bonds is 7. The molecule has 0 aliphatic heterocycles. The number of carbonyl (C=O) groups excluding carboxylic acids is 2. The summed E-state index contributed by atoms with van der Waals surface area (Å²) in [6.45, 7) is 5.13. The fourth-order valence-electron chi connectivity index (χ4n) is 2.75. The summed E-state index contributed by atoms with van der Waals surface area (Å²) in [6.07, 6.45) is 1.59. The second kappa shape index (κ2) is 9.77. The predicted molar refractivity (Wildman–Crippen MR) is 115 cm³/mol. The van der Waals surface area contributed by atoms with E-state index in [-0.39, 0.29) is 5.56 Å². The minimum Gasteiger partial charge on any atom is -0.452 e. The van der Waals surface area contributed by atoms with Gasteiger partial charge < -0.3 is 14.6 Å². The molecule has 0 saturated carbocycles. The lowest BCUT2D eigenvalue weighted by molar-refractivity contribution is -0.119. The molecule has 0 spiro atoms. The zero-order valence-corrected chi connectivity index (χ0v) is 18.3. The van der Waals surface area contributed by atoms with Gasteiger partial charge in [0.1, 0.15) is 10.8 Å². The number of ether oxygens (including phenoxy) is 1. The standard InChI is InChI=1S/C21H20ClN3O4S/c1-12-7-13(2)19(17(22)8-12)24-18(26)10-28-21(27)16-5-4-6-23-20(16)30-11-15-9-14(3)29-25-15/h4-9H,10-11H2,1-3H3,(H,24,26). The molecular weight excluding hydrogens is 426 g/mol. The predicted octanol–water partition coefficient (Wildman–Crippen LogP) is 4.74. The Labute approximate surface area is 183 Å². The van der Waals surface area contributed by atoms with Crippen LogP contribution in [0.5, 0.6) is 0 Å². The van der Waals surface area contributed by atoms with Gasteiger partial charge in [-0.3, -0.25) is 4.79 Å². The molecule has 0 saturated heterocycles. The number of nitrogens with one attached hydrogen (secondary N) is 1. The lowest BCUT2D eigenvalue weighted by Crippen LogP contribution is -2.22. The van der Waals surface area contributed by atoms with Crippen LogP contribution in [-0.2, 0) is 15.3 Å². The van der Waals surface area contributed by atoms with E-state index < -0.39 is 18.5 Å². The number of nitrogens with zero attached hydrogens (tertiary/aromatic N) is 2. The second-order valence-corrected chi connectivity index (χ2v) is 8.01. The molecule has 0 radical (unpaired) electrons. The minimum atomic E-state index is -0.635. The highest BCUT2D eigenvalue weighted by atomic mass is 35.5. The van der Waals surface area contributed by atoms with E-state index >= 15 is 0 Å². The number of esters is 1. The zero-order chi connectivity index (χ0) is 21.7. The van der Waals surface area contributed by atoms with Crippen molar-refractivity contribution in [2.24, 2.45) is 0 Å². The SMILES string of the molecule is Cc1cc(C)c(NC(=O)COC(=O)c2cccnc2SCc2cc(C)on2)c(Cl)c1. The fourth-order valence-corrected chi connectivity index (χ4v) is 3.98. The van der Waals surface area contributed by atoms with Crippen molar-refractivity contribution in [2.45, 2.75) is 31.6 Å². The fraction of sp³-hybridized carbons (Fsp3) is 0.238. The topological polar surface area (TPSA) is 94.3 Å². The number of carbonyl (C=O) groups is 2. The van der Waals surface area contributed by atoms with Gasteiger partial charge in [0.15, 0.2) is 6.61 Å². The molecule has 2 heterocycles. The van der Waals surface area contributed by atoms with Crippen molar-refractivity contribution in [1.29, 1.82) is 0 Å². The monoisotopic (exact) mass is 445 g/mol. The zero-order valence-electron chi connectivity index (χ0n) is 16.7. The van der Waals surface area contributed by atoms with E-state index in [2.05, 4.69) is 15.5 Å². The van der Waals surface area contributed by atoms with E-state index in [1.165, 1.54) is 11.8 Å². The van der Waals surface area contributed by atoms with Crippen LogP contribution in [0.3, 0.4) is 0 Å². The van der Waals surface area contributed by atoms with E-state index in [1.54, 1.807) is 31.3 Å². The van der Waals surface area contributed by atoms with Gasteiger partial charge in [0.05, 0.1) is 22.0 Å². The van der Waals surface area contributed by atoms with Crippen LogP contribution >= 0.6 is 23.4 Å². The van der Waals surface area contributed by atoms with Gasteiger partial charge in [-0.25, -0.2) is 9.78 Å². The lowest BCUT2D eigenvalue weighted by atomic mass is 10.1. The number of thioether (sulfide) groups is 1. The normalized spacial score (nSPS) is 10.7. The summed E-state index contributed by atoms with van der Waals surface area (Å²) in [5, 5.41) is 7.53. The number of hydrogen-bond acceptors (Lipinski definition) is 7. The summed E-state index contributed by atoms with van der Waals surface area (Å²) >= 11 is 7.53. The van der Waals surface area contributed by atoms with Crippen LogP contribution in [0.4, 0.5) is 5.69 Å². The molecule has 7 nitrogen and oxygen atoms in total. The van der Waals surface area contributed by atoms with Gasteiger partial charge in [-0.15, -0.1) is 0 Å². The third kappa shape index (κ3) is 5.61. The number of halogens is 1. The largest absolute Gasteiger partial charge is 0.452 e. The summed E-state index contributed by atoms with van der Waals surface area (Å²) in [7, 11) is 0. The number of benzene rings is 1. The Morgan fingerprint density at radius 3 is 2.73 bits per heavy atom. The van der Waals surface area contributed by atoms with Crippen molar-refractivity contribution in [2.75, 3.05) is 11.9 Å². The number of amides is 1. The maximum Gasteiger partial charge on any atom is 0.341 e. The van der Waals surface area contributed by atoms with E-state index in [0.29, 0.717) is 27.2 Å². The van der Waals surface area contributed by atoms with Gasteiger partial charge >= 0.3 is 5.97 Å². The van der Waals surface area contributed by atoms with Crippen molar-refractivity contribution in [3.63, 3.8) is 0 Å². The van der Waals surface area contributed by atoms with Crippen LogP contribution < -0.4 is 5.32 Å². The number of hydrogen-bond donors (Lipinski definition) is 1. The first kappa shape index (κ1) is 21.9. The molecule has 2 aromatic heterocycles. The Morgan fingerprint density at radius 2 is 2.03 bits per heavy atom. The molecule has 0 bridgehead atoms. The van der Waals surface area contributed by atoms with Gasteiger partial charge in [0.25, 0.3) is 5.91 Å². The molecule has 0 aliphatic rings. The quantitative estimate of drug-likeness (QED) is 0.414. The molecule has 0 fully saturated rings. The first-order valence-electron chi connectivity index (χ1n) is 9.07. The summed E-state index contributed by atoms with van der Waals surface area (Å²) in [6, 6.07) is 8.71. The van der Waals surface area contributed by atoms with Crippen LogP contribution in [0.15, 0.2) is 46.1 Å². The van der Waals surface area contributed by atoms with Crippen molar-refractivity contribution >= 4 is 40.9 Å². The highest BCUT2D eigenvalue weighted by Crippen LogP contribution is 2.27. The number of aryl methyl sites for hydroxylation is 3. The molecule has 0 aliphatic carbocycles. The molecule has 3 rings (SSSR count). The highest BCUT2D eigenvalue weighted by molar-refractivity contribution is 7.98.